The lowest BCUT2D eigenvalue weighted by Gasteiger charge is -2.21. The second kappa shape index (κ2) is 56.9. The van der Waals surface area contributed by atoms with Gasteiger partial charge in [0, 0.05) is 19.3 Å². The molecule has 0 aromatic carbocycles. The average Bonchev–Trinajstić information content (AvgIpc) is 3.44. The third-order valence-electron chi connectivity index (χ3n) is 12.3. The van der Waals surface area contributed by atoms with Crippen LogP contribution in [0.1, 0.15) is 226 Å². The molecule has 0 rings (SSSR count). The molecule has 0 radical (unpaired) electrons. The Labute approximate surface area is 488 Å². The SMILES string of the molecule is CC/C=C\C/C=C\C/C=C\C/C=C\C/C=C\C/C=C\CCC(=O)OCC(O)COP(=O)(O)OCC(O)COP(=O)(O)OCC(COC(=O)CCCCCCC/C=C\CCCCCCCC)OC(=O)CCCCCCC/C=C\CCCC. The van der Waals surface area contributed by atoms with Gasteiger partial charge >= 0.3 is 33.6 Å². The molecule has 466 valence electrons. The lowest BCUT2D eigenvalue weighted by Crippen LogP contribution is -2.30. The summed E-state index contributed by atoms with van der Waals surface area (Å²) in [6, 6.07) is 0. The molecule has 4 N–H and O–H groups in total. The van der Waals surface area contributed by atoms with Gasteiger partial charge in [0.15, 0.2) is 6.10 Å². The number of carbonyl (C=O) groups is 3. The minimum absolute atomic E-state index is 0.0587. The summed E-state index contributed by atoms with van der Waals surface area (Å²) in [5.41, 5.74) is 0. The minimum Gasteiger partial charge on any atom is -0.463 e. The molecule has 5 unspecified atom stereocenters. The number of esters is 3. The highest BCUT2D eigenvalue weighted by atomic mass is 31.2. The zero-order chi connectivity index (χ0) is 59.6. The van der Waals surface area contributed by atoms with Gasteiger partial charge in [0.1, 0.15) is 25.4 Å². The summed E-state index contributed by atoms with van der Waals surface area (Å²) in [5, 5.41) is 20.4. The topological polar surface area (TPSA) is 231 Å². The van der Waals surface area contributed by atoms with Gasteiger partial charge in [-0.15, -0.1) is 0 Å². The van der Waals surface area contributed by atoms with Crippen LogP contribution >= 0.6 is 15.6 Å². The zero-order valence-electron chi connectivity index (χ0n) is 49.9. The number of ether oxygens (including phenoxy) is 3. The second-order valence-corrected chi connectivity index (χ2v) is 23.0. The summed E-state index contributed by atoms with van der Waals surface area (Å²) < 4.78 is 60.5. The van der Waals surface area contributed by atoms with Gasteiger partial charge in [-0.3, -0.25) is 32.5 Å². The monoisotopic (exact) mass is 1180 g/mol. The maximum Gasteiger partial charge on any atom is 0.472 e. The molecule has 0 aromatic rings. The molecule has 81 heavy (non-hydrogen) atoms. The number of hydrogen-bond donors (Lipinski definition) is 4. The fourth-order valence-electron chi connectivity index (χ4n) is 7.57. The summed E-state index contributed by atoms with van der Waals surface area (Å²) in [6.07, 6.45) is 59.3. The van der Waals surface area contributed by atoms with Gasteiger partial charge < -0.3 is 34.2 Å². The lowest BCUT2D eigenvalue weighted by atomic mass is 10.1. The van der Waals surface area contributed by atoms with E-state index in [1.807, 2.05) is 18.2 Å². The standard InChI is InChI=1S/C63H108O16P2/c1-4-7-10-13-16-19-22-24-26-27-28-29-31-33-35-37-40-43-46-49-61(66)73-52-58(64)53-75-80(69,70)76-54-59(65)55-77-81(71,72)78-57-60(79-63(68)51-48-45-42-39-34-21-18-15-12-9-6-3)56-74-62(67)50-47-44-41-38-36-32-30-25-23-20-17-14-11-8-5-2/h7,10,15-16,18-19,24-26,28-30,33,35,40,43,58-60,64-65H,4-6,8-9,11-14,17,20-23,27,31-32,34,36-39,41-42,44-57H2,1-3H3,(H,69,70)(H,71,72)/b10-7-,18-15-,19-16-,26-24-,29-28-,30-25-,35-33-,43-40-. The second-order valence-electron chi connectivity index (χ2n) is 20.1. The fourth-order valence-corrected chi connectivity index (χ4v) is 9.15. The Kier molecular flexibility index (Phi) is 54.4. The van der Waals surface area contributed by atoms with Gasteiger partial charge in [-0.1, -0.05) is 201 Å². The number of allylic oxidation sites excluding steroid dienone is 16. The van der Waals surface area contributed by atoms with E-state index in [4.69, 9.17) is 32.3 Å². The molecule has 18 heteroatoms. The van der Waals surface area contributed by atoms with Crippen molar-refractivity contribution in [2.75, 3.05) is 39.6 Å². The van der Waals surface area contributed by atoms with Gasteiger partial charge in [-0.05, 0) is 103 Å². The molecule has 0 aliphatic heterocycles. The molecule has 5 atom stereocenters. The molecule has 0 aliphatic carbocycles. The molecule has 0 saturated carbocycles. The number of hydrogen-bond acceptors (Lipinski definition) is 14. The molecule has 0 bridgehead atoms. The fraction of sp³-hybridized carbons (Fsp3) is 0.698. The van der Waals surface area contributed by atoms with Crippen molar-refractivity contribution in [2.45, 2.75) is 245 Å². The maximum absolute atomic E-state index is 12.8. The largest absolute Gasteiger partial charge is 0.472 e. The van der Waals surface area contributed by atoms with E-state index in [0.717, 1.165) is 109 Å². The van der Waals surface area contributed by atoms with Crippen LogP contribution in [-0.2, 0) is 55.8 Å². The van der Waals surface area contributed by atoms with Crippen LogP contribution in [-0.4, -0.2) is 95.9 Å². The van der Waals surface area contributed by atoms with Crippen LogP contribution in [0, 0.1) is 0 Å². The molecular weight excluding hydrogens is 1070 g/mol. The van der Waals surface area contributed by atoms with Crippen LogP contribution < -0.4 is 0 Å². The van der Waals surface area contributed by atoms with Crippen LogP contribution in [0.4, 0.5) is 0 Å². The highest BCUT2D eigenvalue weighted by Gasteiger charge is 2.29. The van der Waals surface area contributed by atoms with Crippen molar-refractivity contribution in [1.29, 1.82) is 0 Å². The van der Waals surface area contributed by atoms with E-state index < -0.39 is 91.5 Å². The van der Waals surface area contributed by atoms with Crippen molar-refractivity contribution in [2.24, 2.45) is 0 Å². The normalized spacial score (nSPS) is 15.1. The average molecular weight is 1180 g/mol. The summed E-state index contributed by atoms with van der Waals surface area (Å²) in [5.74, 6) is -1.68. The highest BCUT2D eigenvalue weighted by molar-refractivity contribution is 7.47. The van der Waals surface area contributed by atoms with E-state index in [2.05, 4.69) is 99.8 Å². The molecular formula is C63H108O16P2. The van der Waals surface area contributed by atoms with Gasteiger partial charge in [0.25, 0.3) is 0 Å². The molecule has 0 spiro atoms. The Bertz CT molecular complexity index is 1870. The molecule has 0 heterocycles. The van der Waals surface area contributed by atoms with Crippen molar-refractivity contribution in [3.05, 3.63) is 97.2 Å². The maximum atomic E-state index is 12.8. The minimum atomic E-state index is -4.92. The summed E-state index contributed by atoms with van der Waals surface area (Å²) in [7, 11) is -9.78. The smallest absolute Gasteiger partial charge is 0.463 e. The molecule has 0 saturated heterocycles. The zero-order valence-corrected chi connectivity index (χ0v) is 51.7. The summed E-state index contributed by atoms with van der Waals surface area (Å²) in [6.45, 7) is 2.37. The number of carbonyl (C=O) groups excluding carboxylic acids is 3. The summed E-state index contributed by atoms with van der Waals surface area (Å²) in [4.78, 5) is 58.0. The molecule has 0 amide bonds. The third kappa shape index (κ3) is 58.1. The quantitative estimate of drug-likeness (QED) is 0.0146. The lowest BCUT2D eigenvalue weighted by molar-refractivity contribution is -0.161. The summed E-state index contributed by atoms with van der Waals surface area (Å²) >= 11 is 0. The van der Waals surface area contributed by atoms with Crippen molar-refractivity contribution >= 4 is 33.6 Å². The van der Waals surface area contributed by atoms with Crippen molar-refractivity contribution < 1.29 is 75.8 Å². The van der Waals surface area contributed by atoms with E-state index >= 15 is 0 Å². The van der Waals surface area contributed by atoms with Gasteiger partial charge in [-0.2, -0.15) is 0 Å². The Balaban J connectivity index is 4.69. The van der Waals surface area contributed by atoms with Crippen LogP contribution in [0.15, 0.2) is 97.2 Å². The number of phosphoric acid groups is 2. The molecule has 0 fully saturated rings. The first kappa shape index (κ1) is 77.5. The Morgan fingerprint density at radius 3 is 1.15 bits per heavy atom. The van der Waals surface area contributed by atoms with Crippen molar-refractivity contribution in [3.8, 4) is 0 Å². The van der Waals surface area contributed by atoms with E-state index in [1.165, 1.54) is 51.4 Å². The number of aliphatic hydroxyl groups is 2. The number of phosphoric ester groups is 2. The third-order valence-corrected chi connectivity index (χ3v) is 14.2. The molecule has 0 aliphatic rings. The first-order valence-electron chi connectivity index (χ1n) is 30.5. The number of rotatable bonds is 57. The Hall–Kier alpha value is -3.53. The van der Waals surface area contributed by atoms with E-state index in [-0.39, 0.29) is 19.3 Å². The predicted molar refractivity (Wildman–Crippen MR) is 325 cm³/mol. The van der Waals surface area contributed by atoms with Gasteiger partial charge in [0.2, 0.25) is 0 Å². The molecule has 16 nitrogen and oxygen atoms in total. The van der Waals surface area contributed by atoms with E-state index in [0.29, 0.717) is 25.7 Å². The Morgan fingerprint density at radius 1 is 0.358 bits per heavy atom. The van der Waals surface area contributed by atoms with Crippen LogP contribution in [0.3, 0.4) is 0 Å². The number of unbranched alkanes of at least 4 members (excludes halogenated alkanes) is 18. The van der Waals surface area contributed by atoms with E-state index in [1.54, 1.807) is 0 Å². The highest BCUT2D eigenvalue weighted by Crippen LogP contribution is 2.45. The first-order valence-corrected chi connectivity index (χ1v) is 33.5. The van der Waals surface area contributed by atoms with Crippen LogP contribution in [0.5, 0.6) is 0 Å². The van der Waals surface area contributed by atoms with Gasteiger partial charge in [0.05, 0.1) is 26.4 Å². The van der Waals surface area contributed by atoms with Crippen LogP contribution in [0.2, 0.25) is 0 Å². The molecule has 0 aromatic heterocycles. The number of aliphatic hydroxyl groups excluding tert-OH is 2. The van der Waals surface area contributed by atoms with Crippen LogP contribution in [0.25, 0.3) is 0 Å². The van der Waals surface area contributed by atoms with Crippen molar-refractivity contribution in [3.63, 3.8) is 0 Å². The first-order chi connectivity index (χ1) is 39.2. The van der Waals surface area contributed by atoms with Gasteiger partial charge in [-0.25, -0.2) is 9.13 Å². The van der Waals surface area contributed by atoms with Crippen molar-refractivity contribution in [1.82, 2.24) is 0 Å². The predicted octanol–water partition coefficient (Wildman–Crippen LogP) is 16.0. The van der Waals surface area contributed by atoms with E-state index in [9.17, 15) is 43.5 Å². The Morgan fingerprint density at radius 2 is 0.691 bits per heavy atom.